The number of aryl methyl sites for hydroxylation is 1. The molecule has 22 heteroatoms. The maximum Gasteiger partial charge on any atom is 0.310 e. The van der Waals surface area contributed by atoms with Gasteiger partial charge < -0.3 is 45.9 Å². The monoisotopic (exact) mass is 989 g/mol. The van der Waals surface area contributed by atoms with Crippen molar-refractivity contribution in [2.24, 2.45) is 0 Å². The average Bonchev–Trinajstić information content (AvgIpc) is 3.89. The van der Waals surface area contributed by atoms with E-state index in [9.17, 15) is 47.9 Å². The van der Waals surface area contributed by atoms with Gasteiger partial charge in [0, 0.05) is 48.6 Å². The molecule has 0 saturated heterocycles. The molecule has 3 aliphatic heterocycles. The van der Waals surface area contributed by atoms with E-state index in [4.69, 9.17) is 14.5 Å². The van der Waals surface area contributed by atoms with Crippen molar-refractivity contribution in [1.82, 2.24) is 46.4 Å². The average molecular weight is 990 g/mol. The van der Waals surface area contributed by atoms with Crippen LogP contribution in [0.25, 0.3) is 22.3 Å². The predicted molar refractivity (Wildman–Crippen MR) is 252 cm³/mol. The summed E-state index contributed by atoms with van der Waals surface area (Å²) in [5.74, 6) is -5.24. The van der Waals surface area contributed by atoms with E-state index in [-0.39, 0.29) is 56.3 Å². The highest BCUT2D eigenvalue weighted by atomic mass is 19.1. The standard InChI is InChI=1S/C50H52FN9O12/c1-27-30-11-12-34(47-31-23-60-37(48(31)58-35(46(30)47)19-33(27)51)17-29-18-45(68)72-24-32(29)50(60)70)56-42(65)25-71-26-55-40(63)21-54-49(69)36(16-28-8-4-2-5-9-28)57-41(64)22-53-39(62)20-52-38(61)10-6-3-7-15-59-43(66)13-14-44(59)67/h2,4-5,8-9,13-14,17,19,34,36H,3,6-7,10-12,15-16,18,20-26H2,1H3,(H,52,61)(H,53,62)(H,54,69)(H,55,63)(H,56,65)(H,57,64)/t34-,36-/m0/s1. The van der Waals surface area contributed by atoms with Gasteiger partial charge in [0.2, 0.25) is 35.4 Å². The van der Waals surface area contributed by atoms with E-state index in [1.54, 1.807) is 47.9 Å². The van der Waals surface area contributed by atoms with Crippen molar-refractivity contribution in [3.8, 4) is 11.4 Å². The van der Waals surface area contributed by atoms with Gasteiger partial charge in [-0.15, -0.1) is 0 Å². The van der Waals surface area contributed by atoms with Gasteiger partial charge in [-0.3, -0.25) is 52.8 Å². The fourth-order valence-electron chi connectivity index (χ4n) is 9.27. The van der Waals surface area contributed by atoms with Crippen LogP contribution in [0.2, 0.25) is 0 Å². The first-order valence-electron chi connectivity index (χ1n) is 23.5. The SMILES string of the molecule is Cc1c(F)cc2nc3c(c4c2c1CC[C@@H]4NC(=O)COCNC(=O)CNC(=O)[C@H](Cc1ccccc1)NC(=O)CNC(=O)CNC(=O)CCCCCN1C(=O)C=CC1=O)Cn1c-3cc2c(c1=O)COC(=O)C2. The topological polar surface area (TPSA) is 282 Å². The van der Waals surface area contributed by atoms with Gasteiger partial charge >= 0.3 is 5.97 Å². The van der Waals surface area contributed by atoms with Crippen LogP contribution in [0.15, 0.2) is 59.4 Å². The molecule has 1 aliphatic carbocycles. The zero-order valence-corrected chi connectivity index (χ0v) is 39.3. The van der Waals surface area contributed by atoms with Gasteiger partial charge in [-0.25, -0.2) is 9.37 Å². The summed E-state index contributed by atoms with van der Waals surface area (Å²) in [6, 6.07) is 10.2. The molecule has 2 atom stereocenters. The predicted octanol–water partition coefficient (Wildman–Crippen LogP) is 0.227. The molecule has 5 heterocycles. The maximum atomic E-state index is 15.2. The second-order valence-corrected chi connectivity index (χ2v) is 17.8. The van der Waals surface area contributed by atoms with E-state index >= 15 is 4.39 Å². The van der Waals surface area contributed by atoms with Crippen LogP contribution in [0.4, 0.5) is 4.39 Å². The van der Waals surface area contributed by atoms with E-state index in [1.807, 2.05) is 0 Å². The van der Waals surface area contributed by atoms with Crippen molar-refractivity contribution in [3.63, 3.8) is 0 Å². The largest absolute Gasteiger partial charge is 0.460 e. The molecular weight excluding hydrogens is 938 g/mol. The third-order valence-corrected chi connectivity index (χ3v) is 12.9. The summed E-state index contributed by atoms with van der Waals surface area (Å²) in [4.78, 5) is 132. The molecule has 6 N–H and O–H groups in total. The summed E-state index contributed by atoms with van der Waals surface area (Å²) in [6.45, 7) is -0.333. The molecule has 0 saturated carbocycles. The van der Waals surface area contributed by atoms with Crippen LogP contribution in [-0.2, 0) is 85.0 Å². The quantitative estimate of drug-likeness (QED) is 0.0249. The summed E-state index contributed by atoms with van der Waals surface area (Å²) in [6.07, 6.45) is 4.92. The third-order valence-electron chi connectivity index (χ3n) is 12.9. The fraction of sp³-hybridized carbons (Fsp3) is 0.380. The fourth-order valence-corrected chi connectivity index (χ4v) is 9.27. The zero-order chi connectivity index (χ0) is 51.1. The third kappa shape index (κ3) is 11.5. The smallest absolute Gasteiger partial charge is 0.310 e. The molecule has 0 radical (unpaired) electrons. The number of carbonyl (C=O) groups excluding carboxylic acids is 9. The van der Waals surface area contributed by atoms with Gasteiger partial charge in [0.1, 0.15) is 31.8 Å². The molecule has 0 bridgehead atoms. The lowest BCUT2D eigenvalue weighted by Crippen LogP contribution is -2.52. The number of nitrogens with zero attached hydrogens (tertiary/aromatic N) is 3. The second-order valence-electron chi connectivity index (χ2n) is 17.8. The molecule has 2 aromatic heterocycles. The van der Waals surface area contributed by atoms with Crippen molar-refractivity contribution in [3.05, 3.63) is 110 Å². The molecule has 4 aromatic rings. The number of rotatable bonds is 21. The number of hydrogen-bond acceptors (Lipinski definition) is 13. The summed E-state index contributed by atoms with van der Waals surface area (Å²) in [7, 11) is 0. The van der Waals surface area contributed by atoms with Crippen molar-refractivity contribution in [2.45, 2.75) is 83.5 Å². The number of hydrogen-bond donors (Lipinski definition) is 6. The molecule has 0 fully saturated rings. The number of amides is 8. The molecule has 4 aliphatic rings. The molecular formula is C50H52FN9O12. The molecule has 376 valence electrons. The molecule has 0 unspecified atom stereocenters. The number of carbonyl (C=O) groups is 9. The van der Waals surface area contributed by atoms with Crippen LogP contribution < -0.4 is 37.5 Å². The number of imide groups is 1. The number of cyclic esters (lactones) is 1. The number of aromatic nitrogens is 2. The zero-order valence-electron chi connectivity index (χ0n) is 39.3. The van der Waals surface area contributed by atoms with E-state index in [2.05, 4.69) is 31.9 Å². The number of unbranched alkanes of at least 4 members (excludes halogenated alkanes) is 2. The Morgan fingerprint density at radius 1 is 0.833 bits per heavy atom. The lowest BCUT2D eigenvalue weighted by molar-refractivity contribution is -0.145. The number of benzene rings is 2. The first-order chi connectivity index (χ1) is 34.6. The Morgan fingerprint density at radius 2 is 1.56 bits per heavy atom. The number of ether oxygens (including phenoxy) is 2. The summed E-state index contributed by atoms with van der Waals surface area (Å²) < 4.78 is 27.4. The van der Waals surface area contributed by atoms with E-state index in [0.717, 1.165) is 10.5 Å². The summed E-state index contributed by atoms with van der Waals surface area (Å²) in [5.41, 5.74) is 5.28. The Kier molecular flexibility index (Phi) is 15.6. The molecule has 0 spiro atoms. The van der Waals surface area contributed by atoms with Gasteiger partial charge in [0.25, 0.3) is 17.4 Å². The first-order valence-corrected chi connectivity index (χ1v) is 23.5. The normalized spacial score (nSPS) is 15.5. The second kappa shape index (κ2) is 22.3. The minimum absolute atomic E-state index is 0.0472. The molecule has 21 nitrogen and oxygen atoms in total. The van der Waals surface area contributed by atoms with Crippen molar-refractivity contribution in [2.75, 3.05) is 39.5 Å². The van der Waals surface area contributed by atoms with Crippen LogP contribution in [0.5, 0.6) is 0 Å². The Balaban J connectivity index is 0.786. The van der Waals surface area contributed by atoms with Crippen LogP contribution in [0.1, 0.15) is 77.1 Å². The minimum atomic E-state index is -1.15. The molecule has 72 heavy (non-hydrogen) atoms. The molecule has 2 aromatic carbocycles. The number of nitrogens with one attached hydrogen (secondary N) is 6. The Morgan fingerprint density at radius 3 is 2.33 bits per heavy atom. The van der Waals surface area contributed by atoms with Crippen molar-refractivity contribution >= 4 is 64.1 Å². The van der Waals surface area contributed by atoms with Gasteiger partial charge in [-0.1, -0.05) is 36.8 Å². The van der Waals surface area contributed by atoms with E-state index < -0.39 is 92.3 Å². The van der Waals surface area contributed by atoms with E-state index in [1.165, 1.54) is 18.2 Å². The maximum absolute atomic E-state index is 15.2. The Hall–Kier alpha value is -8.14. The highest BCUT2D eigenvalue weighted by Crippen LogP contribution is 2.45. The molecule has 8 rings (SSSR count). The number of fused-ring (bicyclic) bond motifs is 5. The van der Waals surface area contributed by atoms with Gasteiger partial charge in [0.05, 0.1) is 61.1 Å². The lowest BCUT2D eigenvalue weighted by Gasteiger charge is -2.29. The summed E-state index contributed by atoms with van der Waals surface area (Å²) >= 11 is 0. The first kappa shape index (κ1) is 50.3. The summed E-state index contributed by atoms with van der Waals surface area (Å²) in [5, 5.41) is 16.1. The Labute approximate surface area is 410 Å². The van der Waals surface area contributed by atoms with Crippen LogP contribution in [-0.4, -0.2) is 113 Å². The number of halogens is 1. The number of esters is 1. The van der Waals surface area contributed by atoms with E-state index in [0.29, 0.717) is 87.8 Å². The van der Waals surface area contributed by atoms with Gasteiger partial charge in [-0.05, 0) is 66.5 Å². The molecule has 8 amide bonds. The highest BCUT2D eigenvalue weighted by molar-refractivity contribution is 6.12. The number of pyridine rings is 2. The Bertz CT molecular complexity index is 2970. The minimum Gasteiger partial charge on any atom is -0.460 e. The van der Waals surface area contributed by atoms with Crippen molar-refractivity contribution < 1.29 is 57.0 Å². The van der Waals surface area contributed by atoms with Gasteiger partial charge in [-0.2, -0.15) is 0 Å². The van der Waals surface area contributed by atoms with Gasteiger partial charge in [0.15, 0.2) is 0 Å². The lowest BCUT2D eigenvalue weighted by atomic mass is 9.81. The van der Waals surface area contributed by atoms with Crippen LogP contribution in [0.3, 0.4) is 0 Å². The van der Waals surface area contributed by atoms with Crippen LogP contribution in [0, 0.1) is 12.7 Å². The van der Waals surface area contributed by atoms with Crippen molar-refractivity contribution in [1.29, 1.82) is 0 Å². The highest BCUT2D eigenvalue weighted by Gasteiger charge is 2.36. The van der Waals surface area contributed by atoms with Crippen LogP contribution >= 0.6 is 0 Å².